The van der Waals surface area contributed by atoms with E-state index in [1.807, 2.05) is 30.3 Å². The van der Waals surface area contributed by atoms with E-state index in [1.54, 1.807) is 27.3 Å². The van der Waals surface area contributed by atoms with Crippen LogP contribution >= 0.6 is 11.3 Å². The minimum atomic E-state index is -3.49. The highest BCUT2D eigenvalue weighted by Crippen LogP contribution is 2.27. The average Bonchev–Trinajstić information content (AvgIpc) is 3.39. The van der Waals surface area contributed by atoms with Gasteiger partial charge >= 0.3 is 0 Å². The van der Waals surface area contributed by atoms with Gasteiger partial charge in [0.1, 0.15) is 4.21 Å². The van der Waals surface area contributed by atoms with Crippen molar-refractivity contribution in [1.82, 2.24) is 9.21 Å². The molecule has 1 atom stereocenters. The number of piperazine rings is 1. The van der Waals surface area contributed by atoms with Gasteiger partial charge in [-0.3, -0.25) is 9.59 Å². The van der Waals surface area contributed by atoms with Crippen molar-refractivity contribution in [2.75, 3.05) is 37.6 Å². The molecule has 4 rings (SSSR count). The molecule has 0 radical (unpaired) electrons. The molecule has 9 heteroatoms. The van der Waals surface area contributed by atoms with Crippen molar-refractivity contribution in [2.24, 2.45) is 5.92 Å². The number of anilines is 1. The van der Waals surface area contributed by atoms with Gasteiger partial charge in [-0.15, -0.1) is 11.3 Å². The zero-order valence-electron chi connectivity index (χ0n) is 15.2. The van der Waals surface area contributed by atoms with Crippen LogP contribution in [0.1, 0.15) is 6.42 Å². The van der Waals surface area contributed by atoms with Crippen LogP contribution in [-0.4, -0.2) is 62.2 Å². The summed E-state index contributed by atoms with van der Waals surface area (Å²) in [5, 5.41) is 1.74. The highest BCUT2D eigenvalue weighted by Gasteiger charge is 2.39. The molecule has 3 heterocycles. The fourth-order valence-corrected chi connectivity index (χ4v) is 6.24. The van der Waals surface area contributed by atoms with Crippen LogP contribution in [0.2, 0.25) is 0 Å². The fourth-order valence-electron chi connectivity index (χ4n) is 3.68. The molecule has 2 amide bonds. The van der Waals surface area contributed by atoms with Crippen LogP contribution in [0.3, 0.4) is 0 Å². The molecule has 0 aliphatic carbocycles. The zero-order chi connectivity index (χ0) is 19.7. The van der Waals surface area contributed by atoms with Crippen molar-refractivity contribution < 1.29 is 18.0 Å². The lowest BCUT2D eigenvalue weighted by Gasteiger charge is -2.34. The van der Waals surface area contributed by atoms with E-state index in [0.29, 0.717) is 23.8 Å². The van der Waals surface area contributed by atoms with Crippen molar-refractivity contribution in [3.63, 3.8) is 0 Å². The summed E-state index contributed by atoms with van der Waals surface area (Å²) in [6, 6.07) is 12.6. The van der Waals surface area contributed by atoms with Crippen LogP contribution in [0, 0.1) is 5.92 Å². The Morgan fingerprint density at radius 1 is 1.00 bits per heavy atom. The summed E-state index contributed by atoms with van der Waals surface area (Å²) >= 11 is 1.20. The summed E-state index contributed by atoms with van der Waals surface area (Å²) in [6.07, 6.45) is 0.196. The van der Waals surface area contributed by atoms with Gasteiger partial charge in [0.2, 0.25) is 11.8 Å². The van der Waals surface area contributed by atoms with Crippen molar-refractivity contribution in [3.05, 3.63) is 47.8 Å². The Balaban J connectivity index is 1.38. The topological polar surface area (TPSA) is 78.0 Å². The first-order chi connectivity index (χ1) is 13.5. The van der Waals surface area contributed by atoms with E-state index in [4.69, 9.17) is 0 Å². The van der Waals surface area contributed by atoms with Gasteiger partial charge in [-0.25, -0.2) is 8.42 Å². The number of thiophene rings is 1. The van der Waals surface area contributed by atoms with E-state index in [2.05, 4.69) is 0 Å². The van der Waals surface area contributed by atoms with Crippen molar-refractivity contribution in [3.8, 4) is 0 Å². The number of benzene rings is 1. The molecule has 2 aliphatic heterocycles. The Morgan fingerprint density at radius 3 is 2.36 bits per heavy atom. The Kier molecular flexibility index (Phi) is 5.22. The number of amides is 2. The van der Waals surface area contributed by atoms with Gasteiger partial charge in [0, 0.05) is 44.8 Å². The number of para-hydroxylation sites is 1. The lowest BCUT2D eigenvalue weighted by atomic mass is 10.1. The number of rotatable bonds is 4. The zero-order valence-corrected chi connectivity index (χ0v) is 16.9. The maximum atomic E-state index is 12.9. The lowest BCUT2D eigenvalue weighted by molar-refractivity contribution is -0.136. The summed E-state index contributed by atoms with van der Waals surface area (Å²) in [7, 11) is -3.49. The number of carbonyl (C=O) groups excluding carboxylic acids is 2. The number of hydrogen-bond donors (Lipinski definition) is 0. The van der Waals surface area contributed by atoms with Crippen LogP contribution in [0.25, 0.3) is 0 Å². The maximum absolute atomic E-state index is 12.9. The standard InChI is InChI=1S/C19H21N3O4S2/c23-17-13-15(14-22(17)16-5-2-1-3-6-16)19(24)20-8-10-21(11-9-20)28(25,26)18-7-4-12-27-18/h1-7,12,15H,8-11,13-14H2/t15-/m1/s1. The predicted molar refractivity (Wildman–Crippen MR) is 107 cm³/mol. The quantitative estimate of drug-likeness (QED) is 0.755. The third-order valence-electron chi connectivity index (χ3n) is 5.18. The first-order valence-corrected chi connectivity index (χ1v) is 11.5. The van der Waals surface area contributed by atoms with Crippen molar-refractivity contribution in [1.29, 1.82) is 0 Å². The molecule has 0 unspecified atom stereocenters. The molecule has 0 N–H and O–H groups in total. The van der Waals surface area contributed by atoms with Crippen molar-refractivity contribution in [2.45, 2.75) is 10.6 Å². The van der Waals surface area contributed by atoms with Crippen LogP contribution < -0.4 is 4.90 Å². The second-order valence-corrected chi connectivity index (χ2v) is 10.0. The van der Waals surface area contributed by atoms with Gasteiger partial charge in [-0.2, -0.15) is 4.31 Å². The molecule has 0 bridgehead atoms. The normalized spacial score (nSPS) is 21.3. The number of carbonyl (C=O) groups is 2. The van der Waals surface area contributed by atoms with E-state index in [0.717, 1.165) is 5.69 Å². The molecule has 0 saturated carbocycles. The van der Waals surface area contributed by atoms with E-state index in [9.17, 15) is 18.0 Å². The summed E-state index contributed by atoms with van der Waals surface area (Å²) in [6.45, 7) is 1.61. The molecule has 1 aromatic carbocycles. The highest BCUT2D eigenvalue weighted by molar-refractivity contribution is 7.91. The fraction of sp³-hybridized carbons (Fsp3) is 0.368. The van der Waals surface area contributed by atoms with Gasteiger partial charge < -0.3 is 9.80 Å². The summed E-state index contributed by atoms with van der Waals surface area (Å²) in [5.41, 5.74) is 0.801. The maximum Gasteiger partial charge on any atom is 0.252 e. The Morgan fingerprint density at radius 2 is 1.71 bits per heavy atom. The molecule has 0 spiro atoms. The predicted octanol–water partition coefficient (Wildman–Crippen LogP) is 1.63. The van der Waals surface area contributed by atoms with E-state index < -0.39 is 10.0 Å². The molecule has 2 aliphatic rings. The lowest BCUT2D eigenvalue weighted by Crippen LogP contribution is -2.52. The highest BCUT2D eigenvalue weighted by atomic mass is 32.2. The van der Waals surface area contributed by atoms with E-state index in [1.165, 1.54) is 15.6 Å². The first-order valence-electron chi connectivity index (χ1n) is 9.14. The second-order valence-electron chi connectivity index (χ2n) is 6.90. The number of sulfonamides is 1. The SMILES string of the molecule is O=C([C@@H]1CC(=O)N(c2ccccc2)C1)N1CCN(S(=O)(=O)c2cccs2)CC1. The van der Waals surface area contributed by atoms with Crippen molar-refractivity contribution >= 4 is 38.9 Å². The van der Waals surface area contributed by atoms with E-state index >= 15 is 0 Å². The van der Waals surface area contributed by atoms with Crippen LogP contribution in [0.4, 0.5) is 5.69 Å². The Labute approximate surface area is 168 Å². The summed E-state index contributed by atoms with van der Waals surface area (Å²) < 4.78 is 27.0. The molecular weight excluding hydrogens is 398 g/mol. The molecule has 2 fully saturated rings. The summed E-state index contributed by atoms with van der Waals surface area (Å²) in [5.74, 6) is -0.503. The Bertz CT molecular complexity index is 952. The van der Waals surface area contributed by atoms with Crippen LogP contribution in [0.15, 0.2) is 52.1 Å². The number of hydrogen-bond acceptors (Lipinski definition) is 5. The molecule has 2 aromatic rings. The molecule has 2 saturated heterocycles. The van der Waals surface area contributed by atoms with Gasteiger partial charge in [0.05, 0.1) is 5.92 Å². The summed E-state index contributed by atoms with van der Waals surface area (Å²) in [4.78, 5) is 28.6. The molecular formula is C19H21N3O4S2. The average molecular weight is 420 g/mol. The minimum absolute atomic E-state index is 0.0524. The van der Waals surface area contributed by atoms with Gasteiger partial charge in [-0.05, 0) is 23.6 Å². The van der Waals surface area contributed by atoms with Crippen LogP contribution in [0.5, 0.6) is 0 Å². The third kappa shape index (κ3) is 3.57. The smallest absolute Gasteiger partial charge is 0.252 e. The van der Waals surface area contributed by atoms with Gasteiger partial charge in [0.25, 0.3) is 10.0 Å². The molecule has 28 heavy (non-hydrogen) atoms. The molecule has 148 valence electrons. The minimum Gasteiger partial charge on any atom is -0.340 e. The van der Waals surface area contributed by atoms with Gasteiger partial charge in [-0.1, -0.05) is 24.3 Å². The third-order valence-corrected chi connectivity index (χ3v) is 8.45. The molecule has 1 aromatic heterocycles. The van der Waals surface area contributed by atoms with Crippen LogP contribution in [-0.2, 0) is 19.6 Å². The largest absolute Gasteiger partial charge is 0.340 e. The molecule has 7 nitrogen and oxygen atoms in total. The second kappa shape index (κ2) is 7.65. The number of nitrogens with zero attached hydrogens (tertiary/aromatic N) is 3. The van der Waals surface area contributed by atoms with Gasteiger partial charge in [0.15, 0.2) is 0 Å². The van der Waals surface area contributed by atoms with E-state index in [-0.39, 0.29) is 37.2 Å². The first kappa shape index (κ1) is 19.1. The Hall–Kier alpha value is -2.23. The monoisotopic (exact) mass is 419 g/mol.